The average molecular weight is 179 g/mol. The highest BCUT2D eigenvalue weighted by atomic mass is 16.5. The molecular weight excluding hydrogens is 162 g/mol. The van der Waals surface area contributed by atoms with E-state index in [0.29, 0.717) is 0 Å². The van der Waals surface area contributed by atoms with Crippen molar-refractivity contribution in [3.8, 4) is 5.75 Å². The normalized spacial score (nSPS) is 9.69. The molecule has 0 atom stereocenters. The fraction of sp³-hybridized carbons (Fsp3) is 0.455. The van der Waals surface area contributed by atoms with Crippen molar-refractivity contribution in [2.45, 2.75) is 19.8 Å². The number of hydrogen-bond donors (Lipinski definition) is 1. The van der Waals surface area contributed by atoms with Crippen molar-refractivity contribution in [2.75, 3.05) is 19.0 Å². The zero-order valence-electron chi connectivity index (χ0n) is 8.34. The van der Waals surface area contributed by atoms with Gasteiger partial charge in [0.25, 0.3) is 0 Å². The van der Waals surface area contributed by atoms with Gasteiger partial charge in [-0.3, -0.25) is 0 Å². The second-order valence-corrected chi connectivity index (χ2v) is 2.95. The van der Waals surface area contributed by atoms with Crippen LogP contribution in [0.15, 0.2) is 24.3 Å². The zero-order valence-corrected chi connectivity index (χ0v) is 8.34. The van der Waals surface area contributed by atoms with Crippen LogP contribution in [0.5, 0.6) is 5.75 Å². The highest BCUT2D eigenvalue weighted by Crippen LogP contribution is 2.22. The SMILES string of the molecule is CCCCOc1ccccc1NC. The van der Waals surface area contributed by atoms with E-state index >= 15 is 0 Å². The summed E-state index contributed by atoms with van der Waals surface area (Å²) in [6, 6.07) is 7.99. The van der Waals surface area contributed by atoms with Crippen LogP contribution in [0.3, 0.4) is 0 Å². The third-order valence-corrected chi connectivity index (χ3v) is 1.91. The van der Waals surface area contributed by atoms with Crippen molar-refractivity contribution in [1.29, 1.82) is 0 Å². The monoisotopic (exact) mass is 179 g/mol. The predicted octanol–water partition coefficient (Wildman–Crippen LogP) is 2.91. The summed E-state index contributed by atoms with van der Waals surface area (Å²) in [6.45, 7) is 2.96. The number of hydrogen-bond acceptors (Lipinski definition) is 2. The largest absolute Gasteiger partial charge is 0.491 e. The Morgan fingerprint density at radius 2 is 2.08 bits per heavy atom. The molecule has 0 aliphatic heterocycles. The number of rotatable bonds is 5. The lowest BCUT2D eigenvalue weighted by Crippen LogP contribution is -1.99. The van der Waals surface area contributed by atoms with Crippen LogP contribution in [0, 0.1) is 0 Å². The number of anilines is 1. The highest BCUT2D eigenvalue weighted by molar-refractivity contribution is 5.55. The van der Waals surface area contributed by atoms with Gasteiger partial charge in [0, 0.05) is 7.05 Å². The fourth-order valence-corrected chi connectivity index (χ4v) is 1.13. The Kier molecular flexibility index (Phi) is 4.16. The molecule has 0 amide bonds. The quantitative estimate of drug-likeness (QED) is 0.702. The molecular formula is C11H17NO. The number of ether oxygens (including phenoxy) is 1. The molecule has 1 aromatic rings. The van der Waals surface area contributed by atoms with E-state index in [9.17, 15) is 0 Å². The summed E-state index contributed by atoms with van der Waals surface area (Å²) in [7, 11) is 1.90. The van der Waals surface area contributed by atoms with Crippen LogP contribution in [-0.4, -0.2) is 13.7 Å². The molecule has 0 unspecified atom stereocenters. The topological polar surface area (TPSA) is 21.3 Å². The van der Waals surface area contributed by atoms with E-state index in [-0.39, 0.29) is 0 Å². The van der Waals surface area contributed by atoms with Gasteiger partial charge < -0.3 is 10.1 Å². The molecule has 0 aromatic heterocycles. The number of nitrogens with one attached hydrogen (secondary N) is 1. The minimum absolute atomic E-state index is 0.801. The van der Waals surface area contributed by atoms with Crippen LogP contribution in [0.4, 0.5) is 5.69 Å². The summed E-state index contributed by atoms with van der Waals surface area (Å²) in [5.74, 6) is 0.943. The molecule has 0 fully saturated rings. The lowest BCUT2D eigenvalue weighted by atomic mass is 10.3. The minimum atomic E-state index is 0.801. The molecule has 13 heavy (non-hydrogen) atoms. The van der Waals surface area contributed by atoms with Gasteiger partial charge in [-0.15, -0.1) is 0 Å². The lowest BCUT2D eigenvalue weighted by Gasteiger charge is -2.09. The maximum Gasteiger partial charge on any atom is 0.142 e. The van der Waals surface area contributed by atoms with Gasteiger partial charge in [-0.05, 0) is 18.6 Å². The Balaban J connectivity index is 2.54. The molecule has 0 saturated heterocycles. The van der Waals surface area contributed by atoms with Crippen LogP contribution in [0.2, 0.25) is 0 Å². The Bertz CT molecular complexity index is 248. The summed E-state index contributed by atoms with van der Waals surface area (Å²) in [5, 5.41) is 3.10. The van der Waals surface area contributed by atoms with Gasteiger partial charge in [-0.2, -0.15) is 0 Å². The molecule has 0 radical (unpaired) electrons. The van der Waals surface area contributed by atoms with E-state index in [4.69, 9.17) is 4.74 Å². The smallest absolute Gasteiger partial charge is 0.142 e. The van der Waals surface area contributed by atoms with E-state index in [1.54, 1.807) is 0 Å². The molecule has 0 bridgehead atoms. The maximum atomic E-state index is 5.61. The Labute approximate surface area is 79.9 Å². The van der Waals surface area contributed by atoms with Crippen molar-refractivity contribution in [3.05, 3.63) is 24.3 Å². The fourth-order valence-electron chi connectivity index (χ4n) is 1.13. The molecule has 1 aromatic carbocycles. The molecule has 0 aliphatic carbocycles. The molecule has 2 heteroatoms. The molecule has 0 spiro atoms. The maximum absolute atomic E-state index is 5.61. The van der Waals surface area contributed by atoms with Crippen LogP contribution >= 0.6 is 0 Å². The van der Waals surface area contributed by atoms with Gasteiger partial charge in [0.1, 0.15) is 5.75 Å². The number of unbranched alkanes of at least 4 members (excludes halogenated alkanes) is 1. The Morgan fingerprint density at radius 3 is 2.77 bits per heavy atom. The van der Waals surface area contributed by atoms with Gasteiger partial charge in [0.2, 0.25) is 0 Å². The lowest BCUT2D eigenvalue weighted by molar-refractivity contribution is 0.311. The first-order valence-corrected chi connectivity index (χ1v) is 4.78. The number of para-hydroxylation sites is 2. The third kappa shape index (κ3) is 2.98. The van der Waals surface area contributed by atoms with Gasteiger partial charge in [0.05, 0.1) is 12.3 Å². The van der Waals surface area contributed by atoms with E-state index in [1.807, 2.05) is 31.3 Å². The molecule has 72 valence electrons. The van der Waals surface area contributed by atoms with Crippen LogP contribution in [-0.2, 0) is 0 Å². The second kappa shape index (κ2) is 5.46. The predicted molar refractivity (Wildman–Crippen MR) is 56.4 cm³/mol. The first-order valence-electron chi connectivity index (χ1n) is 4.78. The second-order valence-electron chi connectivity index (χ2n) is 2.95. The van der Waals surface area contributed by atoms with E-state index in [0.717, 1.165) is 24.5 Å². The summed E-state index contributed by atoms with van der Waals surface area (Å²) < 4.78 is 5.61. The number of benzene rings is 1. The van der Waals surface area contributed by atoms with E-state index < -0.39 is 0 Å². The molecule has 2 nitrogen and oxygen atoms in total. The standard InChI is InChI=1S/C11H17NO/c1-3-4-9-13-11-8-6-5-7-10(11)12-2/h5-8,12H,3-4,9H2,1-2H3. The molecule has 0 heterocycles. The molecule has 1 rings (SSSR count). The van der Waals surface area contributed by atoms with Crippen molar-refractivity contribution in [3.63, 3.8) is 0 Å². The van der Waals surface area contributed by atoms with Crippen LogP contribution in [0.25, 0.3) is 0 Å². The van der Waals surface area contributed by atoms with Crippen molar-refractivity contribution < 1.29 is 4.74 Å². The molecule has 0 saturated carbocycles. The Hall–Kier alpha value is -1.18. The van der Waals surface area contributed by atoms with Gasteiger partial charge in [-0.1, -0.05) is 25.5 Å². The first kappa shape index (κ1) is 9.90. The van der Waals surface area contributed by atoms with Crippen LogP contribution < -0.4 is 10.1 Å². The van der Waals surface area contributed by atoms with Gasteiger partial charge in [-0.25, -0.2) is 0 Å². The highest BCUT2D eigenvalue weighted by Gasteiger charge is 1.98. The zero-order chi connectivity index (χ0) is 9.52. The Morgan fingerprint density at radius 1 is 1.31 bits per heavy atom. The average Bonchev–Trinajstić information content (AvgIpc) is 2.19. The summed E-state index contributed by atoms with van der Waals surface area (Å²) >= 11 is 0. The van der Waals surface area contributed by atoms with E-state index in [2.05, 4.69) is 12.2 Å². The summed E-state index contributed by atoms with van der Waals surface area (Å²) in [6.07, 6.45) is 2.28. The van der Waals surface area contributed by atoms with Crippen molar-refractivity contribution in [1.82, 2.24) is 0 Å². The minimum Gasteiger partial charge on any atom is -0.491 e. The summed E-state index contributed by atoms with van der Waals surface area (Å²) in [5.41, 5.74) is 1.05. The first-order chi connectivity index (χ1) is 6.38. The van der Waals surface area contributed by atoms with E-state index in [1.165, 1.54) is 6.42 Å². The van der Waals surface area contributed by atoms with Crippen molar-refractivity contribution >= 4 is 5.69 Å². The third-order valence-electron chi connectivity index (χ3n) is 1.91. The van der Waals surface area contributed by atoms with Gasteiger partial charge in [0.15, 0.2) is 0 Å². The van der Waals surface area contributed by atoms with Crippen molar-refractivity contribution in [2.24, 2.45) is 0 Å². The van der Waals surface area contributed by atoms with Crippen LogP contribution in [0.1, 0.15) is 19.8 Å². The summed E-state index contributed by atoms with van der Waals surface area (Å²) in [4.78, 5) is 0. The molecule has 1 N–H and O–H groups in total. The molecule has 0 aliphatic rings. The van der Waals surface area contributed by atoms with Gasteiger partial charge >= 0.3 is 0 Å².